The molecule has 0 aliphatic carbocycles. The zero-order chi connectivity index (χ0) is 17.8. The van der Waals surface area contributed by atoms with Crippen LogP contribution in [0.2, 0.25) is 0 Å². The quantitative estimate of drug-likeness (QED) is 0.292. The zero-order valence-electron chi connectivity index (χ0n) is 13.4. The predicted molar refractivity (Wildman–Crippen MR) is 98.7 cm³/mol. The molecule has 0 aliphatic rings. The average Bonchev–Trinajstić information content (AvgIpc) is 2.98. The van der Waals surface area contributed by atoms with E-state index in [1.807, 2.05) is 36.5 Å². The van der Waals surface area contributed by atoms with E-state index in [4.69, 9.17) is 0 Å². The van der Waals surface area contributed by atoms with Crippen LogP contribution in [0.1, 0.15) is 11.1 Å². The Labute approximate surface area is 144 Å². The second-order valence-electron chi connectivity index (χ2n) is 5.52. The number of nitro groups is 1. The largest absolute Gasteiger partial charge is 0.343 e. The molecule has 0 atom stereocenters. The van der Waals surface area contributed by atoms with Crippen molar-refractivity contribution < 1.29 is 4.92 Å². The lowest BCUT2D eigenvalue weighted by molar-refractivity contribution is -0.384. The van der Waals surface area contributed by atoms with Gasteiger partial charge >= 0.3 is 0 Å². The van der Waals surface area contributed by atoms with Gasteiger partial charge in [-0.1, -0.05) is 36.4 Å². The first-order valence-corrected chi connectivity index (χ1v) is 7.69. The van der Waals surface area contributed by atoms with Crippen LogP contribution in [-0.2, 0) is 6.54 Å². The lowest BCUT2D eigenvalue weighted by atomic mass is 10.0. The molecule has 3 rings (SSSR count). The number of aromatic nitrogens is 1. The molecule has 0 amide bonds. The number of allylic oxidation sites excluding steroid dienone is 2. The minimum absolute atomic E-state index is 0.0345. The molecule has 2 aromatic carbocycles. The van der Waals surface area contributed by atoms with E-state index in [0.717, 1.165) is 16.5 Å². The maximum absolute atomic E-state index is 11.0. The molecule has 0 aliphatic heterocycles. The number of hydrogen-bond acceptors (Lipinski definition) is 3. The molecule has 1 aromatic heterocycles. The van der Waals surface area contributed by atoms with Gasteiger partial charge in [-0.3, -0.25) is 10.1 Å². The van der Waals surface area contributed by atoms with Gasteiger partial charge in [0.25, 0.3) is 5.69 Å². The topological polar surface area (TPSA) is 71.9 Å². The maximum atomic E-state index is 11.0. The third-order valence-corrected chi connectivity index (χ3v) is 3.93. The highest BCUT2D eigenvalue weighted by atomic mass is 16.6. The summed E-state index contributed by atoms with van der Waals surface area (Å²) < 4.78 is 2.05. The Morgan fingerprint density at radius 2 is 2.08 bits per heavy atom. The third-order valence-electron chi connectivity index (χ3n) is 3.93. The molecule has 5 heteroatoms. The molecule has 0 radical (unpaired) electrons. The second kappa shape index (κ2) is 6.85. The molecule has 1 heterocycles. The summed E-state index contributed by atoms with van der Waals surface area (Å²) in [6, 6.07) is 16.2. The van der Waals surface area contributed by atoms with E-state index in [1.165, 1.54) is 12.1 Å². The number of para-hydroxylation sites is 1. The van der Waals surface area contributed by atoms with Crippen LogP contribution in [0.25, 0.3) is 22.6 Å². The molecule has 0 unspecified atom stereocenters. The standard InChI is InChI=1S/C20H15N3O2/c1-2-10-22-14-17(19-8-3-4-9-20(19)22)11-16(13-21)15-6-5-7-18(12-15)23(24)25/h2-9,11-12,14H,1,10H2/b16-11-. The number of hydrogen-bond donors (Lipinski definition) is 0. The van der Waals surface area contributed by atoms with Gasteiger partial charge in [-0.2, -0.15) is 5.26 Å². The van der Waals surface area contributed by atoms with Crippen LogP contribution in [0.3, 0.4) is 0 Å². The molecule has 0 saturated heterocycles. The van der Waals surface area contributed by atoms with E-state index >= 15 is 0 Å². The van der Waals surface area contributed by atoms with Crippen LogP contribution in [0.15, 0.2) is 67.4 Å². The number of nitrogens with zero attached hydrogens (tertiary/aromatic N) is 3. The minimum Gasteiger partial charge on any atom is -0.343 e. The fourth-order valence-electron chi connectivity index (χ4n) is 2.80. The molecular formula is C20H15N3O2. The predicted octanol–water partition coefficient (Wildman–Crippen LogP) is 4.80. The van der Waals surface area contributed by atoms with E-state index in [0.29, 0.717) is 17.7 Å². The van der Waals surface area contributed by atoms with Gasteiger partial charge < -0.3 is 4.57 Å². The van der Waals surface area contributed by atoms with Crippen LogP contribution in [0, 0.1) is 21.4 Å². The Hall–Kier alpha value is -3.65. The van der Waals surface area contributed by atoms with Crippen LogP contribution < -0.4 is 0 Å². The van der Waals surface area contributed by atoms with Crippen LogP contribution in [-0.4, -0.2) is 9.49 Å². The summed E-state index contributed by atoms with van der Waals surface area (Å²) in [5, 5.41) is 21.5. The Bertz CT molecular complexity index is 1040. The molecule has 0 saturated carbocycles. The first-order chi connectivity index (χ1) is 12.1. The van der Waals surface area contributed by atoms with Crippen molar-refractivity contribution in [3.05, 3.63) is 88.6 Å². The summed E-state index contributed by atoms with van der Waals surface area (Å²) in [4.78, 5) is 10.5. The van der Waals surface area contributed by atoms with Crippen molar-refractivity contribution in [3.8, 4) is 6.07 Å². The van der Waals surface area contributed by atoms with Gasteiger partial charge in [-0.25, -0.2) is 0 Å². The van der Waals surface area contributed by atoms with E-state index in [-0.39, 0.29) is 5.69 Å². The molecule has 3 aromatic rings. The fraction of sp³-hybridized carbons (Fsp3) is 0.0500. The Morgan fingerprint density at radius 1 is 1.28 bits per heavy atom. The highest BCUT2D eigenvalue weighted by Gasteiger charge is 2.11. The Morgan fingerprint density at radius 3 is 2.80 bits per heavy atom. The SMILES string of the molecule is C=CCn1cc(/C=C(/C#N)c2cccc([N+](=O)[O-])c2)c2ccccc21. The summed E-state index contributed by atoms with van der Waals surface area (Å²) in [5.41, 5.74) is 2.81. The average molecular weight is 329 g/mol. The van der Waals surface area contributed by atoms with Crippen molar-refractivity contribution in [1.29, 1.82) is 5.26 Å². The molecule has 0 N–H and O–H groups in total. The highest BCUT2D eigenvalue weighted by Crippen LogP contribution is 2.27. The van der Waals surface area contributed by atoms with Crippen molar-refractivity contribution in [2.24, 2.45) is 0 Å². The number of rotatable bonds is 5. The molecular weight excluding hydrogens is 314 g/mol. The molecule has 25 heavy (non-hydrogen) atoms. The van der Waals surface area contributed by atoms with Gasteiger partial charge in [-0.15, -0.1) is 6.58 Å². The van der Waals surface area contributed by atoms with Crippen molar-refractivity contribution >= 4 is 28.2 Å². The summed E-state index contributed by atoms with van der Waals surface area (Å²) >= 11 is 0. The van der Waals surface area contributed by atoms with Gasteiger partial charge in [0.1, 0.15) is 0 Å². The Kier molecular flexibility index (Phi) is 4.44. The van der Waals surface area contributed by atoms with Gasteiger partial charge in [0.05, 0.1) is 16.6 Å². The number of fused-ring (bicyclic) bond motifs is 1. The first kappa shape index (κ1) is 16.2. The van der Waals surface area contributed by atoms with Gasteiger partial charge in [0.2, 0.25) is 0 Å². The second-order valence-corrected chi connectivity index (χ2v) is 5.52. The van der Waals surface area contributed by atoms with E-state index in [2.05, 4.69) is 17.2 Å². The number of non-ortho nitro benzene ring substituents is 1. The van der Waals surface area contributed by atoms with E-state index in [1.54, 1.807) is 18.2 Å². The van der Waals surface area contributed by atoms with Crippen molar-refractivity contribution in [1.82, 2.24) is 4.57 Å². The first-order valence-electron chi connectivity index (χ1n) is 7.69. The van der Waals surface area contributed by atoms with E-state index < -0.39 is 4.92 Å². The van der Waals surface area contributed by atoms with Gasteiger partial charge in [0, 0.05) is 41.3 Å². The third kappa shape index (κ3) is 3.19. The van der Waals surface area contributed by atoms with Gasteiger partial charge in [-0.05, 0) is 17.7 Å². The lowest BCUT2D eigenvalue weighted by Gasteiger charge is -1.99. The summed E-state index contributed by atoms with van der Waals surface area (Å²) in [6.45, 7) is 4.43. The molecule has 0 spiro atoms. The number of nitriles is 1. The van der Waals surface area contributed by atoms with Crippen LogP contribution in [0.5, 0.6) is 0 Å². The monoisotopic (exact) mass is 329 g/mol. The normalized spacial score (nSPS) is 11.2. The smallest absolute Gasteiger partial charge is 0.270 e. The van der Waals surface area contributed by atoms with Crippen molar-refractivity contribution in [2.45, 2.75) is 6.54 Å². The molecule has 0 fully saturated rings. The summed E-state index contributed by atoms with van der Waals surface area (Å²) in [5.74, 6) is 0. The van der Waals surface area contributed by atoms with Crippen LogP contribution >= 0.6 is 0 Å². The maximum Gasteiger partial charge on any atom is 0.270 e. The van der Waals surface area contributed by atoms with Crippen molar-refractivity contribution in [3.63, 3.8) is 0 Å². The molecule has 0 bridgehead atoms. The van der Waals surface area contributed by atoms with Crippen molar-refractivity contribution in [2.75, 3.05) is 0 Å². The molecule has 122 valence electrons. The number of nitro benzene ring substituents is 1. The zero-order valence-corrected chi connectivity index (χ0v) is 13.4. The lowest BCUT2D eigenvalue weighted by Crippen LogP contribution is -1.91. The molecule has 5 nitrogen and oxygen atoms in total. The van der Waals surface area contributed by atoms with Gasteiger partial charge in [0.15, 0.2) is 0 Å². The number of benzene rings is 2. The van der Waals surface area contributed by atoms with Crippen LogP contribution in [0.4, 0.5) is 5.69 Å². The Balaban J connectivity index is 2.14. The summed E-state index contributed by atoms with van der Waals surface area (Å²) in [6.07, 6.45) is 5.54. The van der Waals surface area contributed by atoms with E-state index in [9.17, 15) is 15.4 Å². The highest BCUT2D eigenvalue weighted by molar-refractivity contribution is 5.98. The summed E-state index contributed by atoms with van der Waals surface area (Å²) in [7, 11) is 0. The fourth-order valence-corrected chi connectivity index (χ4v) is 2.80. The minimum atomic E-state index is -0.464.